The van der Waals surface area contributed by atoms with Gasteiger partial charge < -0.3 is 4.90 Å². The molecule has 1 nitrogen and oxygen atoms in total. The van der Waals surface area contributed by atoms with Crippen molar-refractivity contribution < 1.29 is 0 Å². The van der Waals surface area contributed by atoms with Gasteiger partial charge in [-0.2, -0.15) is 0 Å². The molecule has 0 spiro atoms. The van der Waals surface area contributed by atoms with E-state index in [4.69, 9.17) is 0 Å². The van der Waals surface area contributed by atoms with Crippen LogP contribution < -0.4 is 4.90 Å². The van der Waals surface area contributed by atoms with E-state index in [1.54, 1.807) is 0 Å². The van der Waals surface area contributed by atoms with Gasteiger partial charge in [-0.3, -0.25) is 0 Å². The molecule has 11 heavy (non-hydrogen) atoms. The number of nitrogens with zero attached hydrogens (tertiary/aromatic N) is 1. The van der Waals surface area contributed by atoms with Crippen LogP contribution in [0.1, 0.15) is 12.0 Å². The maximum Gasteiger partial charge on any atom is 0.0493 e. The predicted molar refractivity (Wildman–Crippen MR) is 47.5 cm³/mol. The third kappa shape index (κ3) is 1.11. The van der Waals surface area contributed by atoms with Crippen molar-refractivity contribution in [2.75, 3.05) is 11.9 Å². The van der Waals surface area contributed by atoms with Crippen molar-refractivity contribution in [1.82, 2.24) is 0 Å². The molecule has 0 fully saturated rings. The van der Waals surface area contributed by atoms with Gasteiger partial charge in [0.2, 0.25) is 0 Å². The van der Waals surface area contributed by atoms with Crippen LogP contribution in [0.2, 0.25) is 0 Å². The standard InChI is InChI=1S/C10H12N/c1-11-8-4-6-9-5-2-3-7-10(9)11/h2-3,5,7-8H,4,6H2,1H3. The minimum Gasteiger partial charge on any atom is -0.369 e. The van der Waals surface area contributed by atoms with E-state index in [2.05, 4.69) is 42.8 Å². The molecule has 57 valence electrons. The zero-order valence-electron chi connectivity index (χ0n) is 6.75. The molecule has 1 aliphatic heterocycles. The highest BCUT2D eigenvalue weighted by molar-refractivity contribution is 5.56. The van der Waals surface area contributed by atoms with Gasteiger partial charge in [0.25, 0.3) is 0 Å². The number of hydrogen-bond donors (Lipinski definition) is 0. The summed E-state index contributed by atoms with van der Waals surface area (Å²) in [5.74, 6) is 0. The molecule has 0 saturated carbocycles. The topological polar surface area (TPSA) is 3.24 Å². The first-order valence-electron chi connectivity index (χ1n) is 4.02. The Bertz CT molecular complexity index is 255. The molecular formula is C10H12N. The van der Waals surface area contributed by atoms with E-state index in [1.807, 2.05) is 0 Å². The third-order valence-electron chi connectivity index (χ3n) is 2.19. The van der Waals surface area contributed by atoms with Crippen molar-refractivity contribution in [3.63, 3.8) is 0 Å². The molecule has 1 radical (unpaired) electrons. The SMILES string of the molecule is CN1[CH]CCc2ccccc21. The largest absolute Gasteiger partial charge is 0.369 e. The number of aryl methyl sites for hydroxylation is 1. The Morgan fingerprint density at radius 1 is 1.27 bits per heavy atom. The van der Waals surface area contributed by atoms with Crippen molar-refractivity contribution in [3.8, 4) is 0 Å². The Labute approximate surface area is 67.6 Å². The summed E-state index contributed by atoms with van der Waals surface area (Å²) in [5.41, 5.74) is 2.83. The summed E-state index contributed by atoms with van der Waals surface area (Å²) in [6.45, 7) is 2.24. The molecule has 0 unspecified atom stereocenters. The molecule has 0 saturated heterocycles. The minimum atomic E-state index is 1.17. The summed E-state index contributed by atoms with van der Waals surface area (Å²) >= 11 is 0. The number of hydrogen-bond acceptors (Lipinski definition) is 1. The summed E-state index contributed by atoms with van der Waals surface area (Å²) < 4.78 is 0. The van der Waals surface area contributed by atoms with Crippen LogP contribution >= 0.6 is 0 Å². The highest BCUT2D eigenvalue weighted by atomic mass is 15.1. The van der Waals surface area contributed by atoms with Gasteiger partial charge in [0.15, 0.2) is 0 Å². The van der Waals surface area contributed by atoms with Crippen LogP contribution in [0, 0.1) is 6.54 Å². The van der Waals surface area contributed by atoms with E-state index in [1.165, 1.54) is 24.1 Å². The van der Waals surface area contributed by atoms with Crippen LogP contribution in [0.3, 0.4) is 0 Å². The Balaban J connectivity index is 2.44. The molecule has 0 aliphatic carbocycles. The summed E-state index contributed by atoms with van der Waals surface area (Å²) in [5, 5.41) is 0. The van der Waals surface area contributed by atoms with Crippen LogP contribution in [0.15, 0.2) is 24.3 Å². The van der Waals surface area contributed by atoms with E-state index in [-0.39, 0.29) is 0 Å². The molecule has 1 aromatic carbocycles. The highest BCUT2D eigenvalue weighted by Gasteiger charge is 2.11. The van der Waals surface area contributed by atoms with Crippen LogP contribution in [-0.4, -0.2) is 7.05 Å². The fourth-order valence-corrected chi connectivity index (χ4v) is 1.58. The zero-order chi connectivity index (χ0) is 7.68. The van der Waals surface area contributed by atoms with E-state index in [9.17, 15) is 0 Å². The molecule has 0 N–H and O–H groups in total. The average molecular weight is 146 g/mol. The molecule has 1 aromatic rings. The lowest BCUT2D eigenvalue weighted by atomic mass is 10.0. The summed E-state index contributed by atoms with van der Waals surface area (Å²) in [4.78, 5) is 2.21. The van der Waals surface area contributed by atoms with Crippen LogP contribution in [0.4, 0.5) is 5.69 Å². The van der Waals surface area contributed by atoms with Gasteiger partial charge >= 0.3 is 0 Å². The van der Waals surface area contributed by atoms with Crippen molar-refractivity contribution in [3.05, 3.63) is 36.4 Å². The molecule has 0 aromatic heterocycles. The Kier molecular flexibility index (Phi) is 1.57. The zero-order valence-corrected chi connectivity index (χ0v) is 6.75. The Morgan fingerprint density at radius 3 is 2.91 bits per heavy atom. The van der Waals surface area contributed by atoms with Crippen LogP contribution in [0.25, 0.3) is 0 Å². The second kappa shape index (κ2) is 2.57. The first-order valence-corrected chi connectivity index (χ1v) is 4.02. The lowest BCUT2D eigenvalue weighted by Crippen LogP contribution is -2.19. The van der Waals surface area contributed by atoms with Gasteiger partial charge in [-0.1, -0.05) is 18.2 Å². The molecule has 2 rings (SSSR count). The van der Waals surface area contributed by atoms with E-state index >= 15 is 0 Å². The maximum absolute atomic E-state index is 2.24. The van der Waals surface area contributed by atoms with Gasteiger partial charge in [-0.25, -0.2) is 0 Å². The fraction of sp³-hybridized carbons (Fsp3) is 0.300. The first kappa shape index (κ1) is 6.71. The second-order valence-electron chi connectivity index (χ2n) is 2.96. The van der Waals surface area contributed by atoms with Crippen LogP contribution in [0.5, 0.6) is 0 Å². The lowest BCUT2D eigenvalue weighted by molar-refractivity contribution is 0.832. The van der Waals surface area contributed by atoms with E-state index < -0.39 is 0 Å². The predicted octanol–water partition coefficient (Wildman–Crippen LogP) is 2.23. The molecule has 0 atom stereocenters. The number of rotatable bonds is 0. The van der Waals surface area contributed by atoms with E-state index in [0.29, 0.717) is 0 Å². The summed E-state index contributed by atoms with van der Waals surface area (Å²) in [6, 6.07) is 8.58. The van der Waals surface area contributed by atoms with E-state index in [0.717, 1.165) is 0 Å². The average Bonchev–Trinajstić information content (AvgIpc) is 2.06. The summed E-state index contributed by atoms with van der Waals surface area (Å²) in [6.07, 6.45) is 2.37. The number of fused-ring (bicyclic) bond motifs is 1. The smallest absolute Gasteiger partial charge is 0.0493 e. The van der Waals surface area contributed by atoms with Gasteiger partial charge in [0.1, 0.15) is 0 Å². The minimum absolute atomic E-state index is 1.17. The second-order valence-corrected chi connectivity index (χ2v) is 2.96. The Morgan fingerprint density at radius 2 is 2.09 bits per heavy atom. The fourth-order valence-electron chi connectivity index (χ4n) is 1.58. The van der Waals surface area contributed by atoms with Crippen molar-refractivity contribution in [2.45, 2.75) is 12.8 Å². The normalized spacial score (nSPS) is 16.3. The van der Waals surface area contributed by atoms with Gasteiger partial charge in [0, 0.05) is 19.3 Å². The Hall–Kier alpha value is -0.980. The van der Waals surface area contributed by atoms with Crippen molar-refractivity contribution >= 4 is 5.69 Å². The van der Waals surface area contributed by atoms with Gasteiger partial charge in [0.05, 0.1) is 0 Å². The lowest BCUT2D eigenvalue weighted by Gasteiger charge is -2.26. The van der Waals surface area contributed by atoms with Crippen molar-refractivity contribution in [2.24, 2.45) is 0 Å². The first-order chi connectivity index (χ1) is 5.38. The molecule has 1 heterocycles. The highest BCUT2D eigenvalue weighted by Crippen LogP contribution is 2.26. The van der Waals surface area contributed by atoms with Gasteiger partial charge in [-0.15, -0.1) is 0 Å². The third-order valence-corrected chi connectivity index (χ3v) is 2.19. The number of anilines is 1. The number of para-hydroxylation sites is 1. The molecule has 0 bridgehead atoms. The van der Waals surface area contributed by atoms with Crippen LogP contribution in [-0.2, 0) is 6.42 Å². The monoisotopic (exact) mass is 146 g/mol. The van der Waals surface area contributed by atoms with Gasteiger partial charge in [-0.05, 0) is 24.5 Å². The maximum atomic E-state index is 2.24. The number of benzene rings is 1. The quantitative estimate of drug-likeness (QED) is 0.542. The van der Waals surface area contributed by atoms with Crippen molar-refractivity contribution in [1.29, 1.82) is 0 Å². The molecule has 1 aliphatic rings. The summed E-state index contributed by atoms with van der Waals surface area (Å²) in [7, 11) is 2.11. The molecule has 1 heteroatoms. The molecule has 0 amide bonds. The molecular weight excluding hydrogens is 134 g/mol.